The van der Waals surface area contributed by atoms with Crippen LogP contribution in [0.4, 0.5) is 0 Å². The van der Waals surface area contributed by atoms with Crippen LogP contribution in [0.5, 0.6) is 0 Å². The van der Waals surface area contributed by atoms with Crippen molar-refractivity contribution in [2.24, 2.45) is 0 Å². The minimum atomic E-state index is -0.770. The number of carbonyl (C=O) groups is 1. The summed E-state index contributed by atoms with van der Waals surface area (Å²) in [5.74, 6) is -1.19. The highest BCUT2D eigenvalue weighted by Crippen LogP contribution is 2.19. The van der Waals surface area contributed by atoms with E-state index in [4.69, 9.17) is 5.11 Å². The van der Waals surface area contributed by atoms with Crippen molar-refractivity contribution in [2.75, 3.05) is 0 Å². The normalized spacial score (nSPS) is 12.5. The van der Waals surface area contributed by atoms with E-state index >= 15 is 0 Å². The molecule has 1 atom stereocenters. The third-order valence-corrected chi connectivity index (χ3v) is 2.62. The summed E-state index contributed by atoms with van der Waals surface area (Å²) in [6, 6.07) is 5.90. The minimum Gasteiger partial charge on any atom is -0.481 e. The summed E-state index contributed by atoms with van der Waals surface area (Å²) < 4.78 is 0. The molecule has 1 rings (SSSR count). The van der Waals surface area contributed by atoms with Crippen LogP contribution in [0, 0.1) is 6.92 Å². The second kappa shape index (κ2) is 4.27. The zero-order valence-electron chi connectivity index (χ0n) is 8.87. The largest absolute Gasteiger partial charge is 0.481 e. The van der Waals surface area contributed by atoms with Gasteiger partial charge in [-0.2, -0.15) is 0 Å². The van der Waals surface area contributed by atoms with Gasteiger partial charge in [0, 0.05) is 0 Å². The number of carboxylic acids is 1. The van der Waals surface area contributed by atoms with Crippen LogP contribution in [0.3, 0.4) is 0 Å². The second-order valence-corrected chi connectivity index (χ2v) is 3.60. The molecule has 0 saturated heterocycles. The molecule has 0 saturated carbocycles. The van der Waals surface area contributed by atoms with Crippen molar-refractivity contribution < 1.29 is 9.90 Å². The molecule has 0 bridgehead atoms. The number of benzene rings is 1. The van der Waals surface area contributed by atoms with Crippen LogP contribution in [0.2, 0.25) is 0 Å². The summed E-state index contributed by atoms with van der Waals surface area (Å²) in [6.07, 6.45) is 0.994. The maximum Gasteiger partial charge on any atom is 0.310 e. The van der Waals surface area contributed by atoms with Gasteiger partial charge in [0.2, 0.25) is 0 Å². The number of aryl methyl sites for hydroxylation is 2. The summed E-state index contributed by atoms with van der Waals surface area (Å²) in [5, 5.41) is 8.85. The molecule has 0 aromatic heterocycles. The zero-order valence-corrected chi connectivity index (χ0v) is 8.87. The van der Waals surface area contributed by atoms with E-state index in [2.05, 4.69) is 6.92 Å². The molecule has 1 aromatic carbocycles. The minimum absolute atomic E-state index is 0.417. The van der Waals surface area contributed by atoms with Crippen molar-refractivity contribution in [3.8, 4) is 0 Å². The van der Waals surface area contributed by atoms with E-state index in [0.717, 1.165) is 12.0 Å². The zero-order chi connectivity index (χ0) is 10.7. The van der Waals surface area contributed by atoms with E-state index in [1.54, 1.807) is 6.92 Å². The Kier molecular flexibility index (Phi) is 3.28. The average molecular weight is 192 g/mol. The van der Waals surface area contributed by atoms with Crippen molar-refractivity contribution in [3.05, 3.63) is 34.9 Å². The Balaban J connectivity index is 3.02. The molecule has 1 unspecified atom stereocenters. The number of aliphatic carboxylic acids is 1. The molecular weight excluding hydrogens is 176 g/mol. The summed E-state index contributed by atoms with van der Waals surface area (Å²) in [7, 11) is 0. The molecule has 0 spiro atoms. The lowest BCUT2D eigenvalue weighted by Gasteiger charge is -2.09. The van der Waals surface area contributed by atoms with E-state index < -0.39 is 11.9 Å². The third kappa shape index (κ3) is 2.13. The van der Waals surface area contributed by atoms with Crippen molar-refractivity contribution >= 4 is 5.97 Å². The van der Waals surface area contributed by atoms with Crippen molar-refractivity contribution in [3.63, 3.8) is 0 Å². The Hall–Kier alpha value is -1.31. The maximum absolute atomic E-state index is 10.8. The Morgan fingerprint density at radius 1 is 1.50 bits per heavy atom. The molecule has 0 aliphatic rings. The van der Waals surface area contributed by atoms with Gasteiger partial charge in [-0.15, -0.1) is 0 Å². The van der Waals surface area contributed by atoms with Crippen molar-refractivity contribution in [2.45, 2.75) is 33.1 Å². The molecule has 0 heterocycles. The Morgan fingerprint density at radius 3 is 2.57 bits per heavy atom. The van der Waals surface area contributed by atoms with Crippen molar-refractivity contribution in [1.82, 2.24) is 0 Å². The molecule has 0 aliphatic carbocycles. The molecule has 1 aromatic rings. The molecule has 1 N–H and O–H groups in total. The van der Waals surface area contributed by atoms with Crippen LogP contribution in [0.15, 0.2) is 18.2 Å². The molecule has 14 heavy (non-hydrogen) atoms. The quantitative estimate of drug-likeness (QED) is 0.799. The van der Waals surface area contributed by atoms with E-state index in [0.29, 0.717) is 0 Å². The Morgan fingerprint density at radius 2 is 2.14 bits per heavy atom. The van der Waals surface area contributed by atoms with Crippen LogP contribution in [-0.2, 0) is 11.2 Å². The molecule has 76 valence electrons. The van der Waals surface area contributed by atoms with Gasteiger partial charge in [-0.05, 0) is 37.0 Å². The lowest BCUT2D eigenvalue weighted by molar-refractivity contribution is -0.138. The highest BCUT2D eigenvalue weighted by Gasteiger charge is 2.13. The van der Waals surface area contributed by atoms with Gasteiger partial charge in [0.05, 0.1) is 5.92 Å². The van der Waals surface area contributed by atoms with Gasteiger partial charge in [-0.25, -0.2) is 0 Å². The van der Waals surface area contributed by atoms with Crippen LogP contribution >= 0.6 is 0 Å². The summed E-state index contributed by atoms with van der Waals surface area (Å²) >= 11 is 0. The van der Waals surface area contributed by atoms with Crippen LogP contribution in [0.25, 0.3) is 0 Å². The van der Waals surface area contributed by atoms with Gasteiger partial charge in [-0.1, -0.05) is 25.1 Å². The number of hydrogen-bond acceptors (Lipinski definition) is 1. The molecular formula is C12H16O2. The smallest absolute Gasteiger partial charge is 0.310 e. The molecule has 2 heteroatoms. The summed E-state index contributed by atoms with van der Waals surface area (Å²) in [5.41, 5.74) is 3.34. The first-order valence-corrected chi connectivity index (χ1v) is 4.88. The number of hydrogen-bond donors (Lipinski definition) is 1. The highest BCUT2D eigenvalue weighted by molar-refractivity contribution is 5.75. The van der Waals surface area contributed by atoms with Gasteiger partial charge in [0.25, 0.3) is 0 Å². The number of carboxylic acid groups (broad SMARTS) is 1. The van der Waals surface area contributed by atoms with E-state index in [1.807, 2.05) is 25.1 Å². The highest BCUT2D eigenvalue weighted by atomic mass is 16.4. The van der Waals surface area contributed by atoms with Gasteiger partial charge in [0.1, 0.15) is 0 Å². The second-order valence-electron chi connectivity index (χ2n) is 3.60. The summed E-state index contributed by atoms with van der Waals surface area (Å²) in [4.78, 5) is 10.8. The Labute approximate surface area is 84.6 Å². The maximum atomic E-state index is 10.8. The lowest BCUT2D eigenvalue weighted by atomic mass is 9.96. The van der Waals surface area contributed by atoms with E-state index in [1.165, 1.54) is 11.1 Å². The standard InChI is InChI=1S/C12H16O2/c1-4-10-5-6-11(7-8(10)2)9(3)12(13)14/h5-7,9H,4H2,1-3H3,(H,13,14). The monoisotopic (exact) mass is 192 g/mol. The molecule has 0 fully saturated rings. The molecule has 0 amide bonds. The third-order valence-electron chi connectivity index (χ3n) is 2.62. The first-order valence-electron chi connectivity index (χ1n) is 4.88. The fourth-order valence-electron chi connectivity index (χ4n) is 1.53. The van der Waals surface area contributed by atoms with E-state index in [-0.39, 0.29) is 0 Å². The first-order chi connectivity index (χ1) is 6.56. The Bertz CT molecular complexity index is 342. The predicted octanol–water partition coefficient (Wildman–Crippen LogP) is 2.75. The van der Waals surface area contributed by atoms with Crippen LogP contribution < -0.4 is 0 Å². The van der Waals surface area contributed by atoms with Gasteiger partial charge < -0.3 is 5.11 Å². The van der Waals surface area contributed by atoms with Gasteiger partial charge >= 0.3 is 5.97 Å². The molecule has 0 aliphatic heterocycles. The SMILES string of the molecule is CCc1ccc(C(C)C(=O)O)cc1C. The predicted molar refractivity (Wildman–Crippen MR) is 56.6 cm³/mol. The molecule has 2 nitrogen and oxygen atoms in total. The van der Waals surface area contributed by atoms with Crippen LogP contribution in [-0.4, -0.2) is 11.1 Å². The van der Waals surface area contributed by atoms with Crippen molar-refractivity contribution in [1.29, 1.82) is 0 Å². The fourth-order valence-corrected chi connectivity index (χ4v) is 1.53. The fraction of sp³-hybridized carbons (Fsp3) is 0.417. The molecule has 0 radical (unpaired) electrons. The topological polar surface area (TPSA) is 37.3 Å². The van der Waals surface area contributed by atoms with E-state index in [9.17, 15) is 4.79 Å². The van der Waals surface area contributed by atoms with Gasteiger partial charge in [0.15, 0.2) is 0 Å². The van der Waals surface area contributed by atoms with Crippen LogP contribution in [0.1, 0.15) is 36.5 Å². The average Bonchev–Trinajstić information content (AvgIpc) is 2.16. The summed E-state index contributed by atoms with van der Waals surface area (Å²) in [6.45, 7) is 5.84. The van der Waals surface area contributed by atoms with Gasteiger partial charge in [-0.3, -0.25) is 4.79 Å². The lowest BCUT2D eigenvalue weighted by Crippen LogP contribution is -2.07. The first kappa shape index (κ1) is 10.8. The number of rotatable bonds is 3.